The van der Waals surface area contributed by atoms with Crippen LogP contribution in [0.25, 0.3) is 5.69 Å². The number of aryl methyl sites for hydroxylation is 1. The number of aromatic nitrogens is 2. The van der Waals surface area contributed by atoms with Crippen molar-refractivity contribution >= 4 is 18.3 Å². The lowest BCUT2D eigenvalue weighted by Crippen LogP contribution is -2.46. The molecule has 1 fully saturated rings. The van der Waals surface area contributed by atoms with Crippen LogP contribution >= 0.6 is 12.4 Å². The van der Waals surface area contributed by atoms with E-state index in [-0.39, 0.29) is 18.3 Å². The number of rotatable bonds is 3. The van der Waals surface area contributed by atoms with Gasteiger partial charge in [0.05, 0.1) is 5.69 Å². The molecule has 23 heavy (non-hydrogen) atoms. The van der Waals surface area contributed by atoms with Gasteiger partial charge >= 0.3 is 0 Å². The zero-order chi connectivity index (χ0) is 15.5. The lowest BCUT2D eigenvalue weighted by atomic mass is 10.0. The van der Waals surface area contributed by atoms with E-state index in [2.05, 4.69) is 10.4 Å². The van der Waals surface area contributed by atoms with Crippen molar-refractivity contribution in [3.63, 3.8) is 0 Å². The van der Waals surface area contributed by atoms with E-state index in [1.165, 1.54) is 0 Å². The number of nitrogens with zero attached hydrogens (tertiary/aromatic N) is 3. The summed E-state index contributed by atoms with van der Waals surface area (Å²) < 4.78 is 1.87. The van der Waals surface area contributed by atoms with E-state index in [0.717, 1.165) is 42.9 Å². The Balaban J connectivity index is 0.00000192. The first kappa shape index (κ1) is 17.5. The van der Waals surface area contributed by atoms with Crippen LogP contribution in [-0.4, -0.2) is 46.8 Å². The number of hydrogen-bond acceptors (Lipinski definition) is 3. The van der Waals surface area contributed by atoms with Gasteiger partial charge in [-0.1, -0.05) is 0 Å². The van der Waals surface area contributed by atoms with Gasteiger partial charge in [0.2, 0.25) is 0 Å². The first-order valence-corrected chi connectivity index (χ1v) is 7.76. The van der Waals surface area contributed by atoms with Crippen molar-refractivity contribution in [3.05, 3.63) is 47.8 Å². The third-order valence-corrected chi connectivity index (χ3v) is 4.31. The van der Waals surface area contributed by atoms with Gasteiger partial charge in [-0.3, -0.25) is 4.79 Å². The van der Waals surface area contributed by atoms with Crippen LogP contribution < -0.4 is 5.32 Å². The number of likely N-dealkylation sites (N-methyl/N-ethyl adjacent to an activating group) is 1. The summed E-state index contributed by atoms with van der Waals surface area (Å²) in [6.45, 7) is 3.64. The van der Waals surface area contributed by atoms with Gasteiger partial charge in [-0.05, 0) is 57.1 Å². The van der Waals surface area contributed by atoms with Crippen molar-refractivity contribution < 1.29 is 4.79 Å². The molecule has 2 heterocycles. The summed E-state index contributed by atoms with van der Waals surface area (Å²) in [5.74, 6) is 0.115. The van der Waals surface area contributed by atoms with Crippen LogP contribution in [0, 0.1) is 6.92 Å². The summed E-state index contributed by atoms with van der Waals surface area (Å²) in [4.78, 5) is 14.5. The normalized spacial score (nSPS) is 17.7. The Kier molecular flexibility index (Phi) is 5.80. The van der Waals surface area contributed by atoms with Crippen LogP contribution in [0.4, 0.5) is 0 Å². The van der Waals surface area contributed by atoms with E-state index in [1.807, 2.05) is 53.9 Å². The largest absolute Gasteiger partial charge is 0.337 e. The van der Waals surface area contributed by atoms with Crippen molar-refractivity contribution in [2.75, 3.05) is 20.1 Å². The minimum atomic E-state index is 0. The molecule has 3 rings (SSSR count). The van der Waals surface area contributed by atoms with Gasteiger partial charge in [0.25, 0.3) is 5.91 Å². The monoisotopic (exact) mass is 334 g/mol. The summed E-state index contributed by atoms with van der Waals surface area (Å²) in [6.07, 6.45) is 3.97. The molecule has 0 saturated carbocycles. The Bertz CT molecular complexity index is 653. The number of hydrogen-bond donors (Lipinski definition) is 1. The van der Waals surface area contributed by atoms with Crippen LogP contribution in [0.1, 0.15) is 28.9 Å². The number of carbonyl (C=O) groups is 1. The molecule has 1 atom stereocenters. The minimum Gasteiger partial charge on any atom is -0.337 e. The van der Waals surface area contributed by atoms with E-state index < -0.39 is 0 Å². The molecule has 0 spiro atoms. The number of nitrogens with one attached hydrogen (secondary N) is 1. The van der Waals surface area contributed by atoms with Gasteiger partial charge in [-0.2, -0.15) is 5.10 Å². The van der Waals surface area contributed by atoms with Crippen LogP contribution in [0.2, 0.25) is 0 Å². The fourth-order valence-corrected chi connectivity index (χ4v) is 2.96. The lowest BCUT2D eigenvalue weighted by Gasteiger charge is -2.32. The van der Waals surface area contributed by atoms with Gasteiger partial charge in [0.1, 0.15) is 0 Å². The van der Waals surface area contributed by atoms with Gasteiger partial charge in [-0.25, -0.2) is 4.68 Å². The van der Waals surface area contributed by atoms with Gasteiger partial charge < -0.3 is 10.2 Å². The van der Waals surface area contributed by atoms with Gasteiger partial charge in [0.15, 0.2) is 0 Å². The third kappa shape index (κ3) is 3.74. The number of piperidine rings is 1. The lowest BCUT2D eigenvalue weighted by molar-refractivity contribution is 0.0698. The summed E-state index contributed by atoms with van der Waals surface area (Å²) in [7, 11) is 1.96. The zero-order valence-corrected chi connectivity index (χ0v) is 14.3. The minimum absolute atomic E-state index is 0. The molecule has 1 aromatic carbocycles. The highest BCUT2D eigenvalue weighted by atomic mass is 35.5. The summed E-state index contributed by atoms with van der Waals surface area (Å²) in [6, 6.07) is 10.1. The second kappa shape index (κ2) is 7.62. The third-order valence-electron chi connectivity index (χ3n) is 4.31. The molecule has 0 radical (unpaired) electrons. The van der Waals surface area contributed by atoms with Crippen molar-refractivity contribution in [1.29, 1.82) is 0 Å². The SMILES string of the molecule is CNC1CCCN(C(=O)c2ccc(-n3nccc3C)cc2)C1.Cl. The van der Waals surface area contributed by atoms with E-state index in [1.54, 1.807) is 6.20 Å². The molecule has 1 aromatic heterocycles. The number of benzene rings is 1. The molecule has 2 aromatic rings. The second-order valence-corrected chi connectivity index (χ2v) is 5.81. The van der Waals surface area contributed by atoms with Crippen molar-refractivity contribution in [2.45, 2.75) is 25.8 Å². The molecular formula is C17H23ClN4O. The van der Waals surface area contributed by atoms with E-state index in [4.69, 9.17) is 0 Å². The number of halogens is 1. The molecule has 1 N–H and O–H groups in total. The smallest absolute Gasteiger partial charge is 0.253 e. The molecule has 1 amide bonds. The summed E-state index contributed by atoms with van der Waals surface area (Å²) >= 11 is 0. The maximum atomic E-state index is 12.6. The van der Waals surface area contributed by atoms with E-state index in [9.17, 15) is 4.79 Å². The molecule has 6 heteroatoms. The fraction of sp³-hybridized carbons (Fsp3) is 0.412. The molecule has 0 aliphatic carbocycles. The number of amides is 1. The Hall–Kier alpha value is -1.85. The second-order valence-electron chi connectivity index (χ2n) is 5.81. The van der Waals surface area contributed by atoms with Gasteiger partial charge in [-0.15, -0.1) is 12.4 Å². The van der Waals surface area contributed by atoms with Crippen LogP contribution in [0.3, 0.4) is 0 Å². The topological polar surface area (TPSA) is 50.2 Å². The average molecular weight is 335 g/mol. The fourth-order valence-electron chi connectivity index (χ4n) is 2.96. The van der Waals surface area contributed by atoms with Crippen molar-refractivity contribution in [1.82, 2.24) is 20.0 Å². The average Bonchev–Trinajstić information content (AvgIpc) is 3.00. The Labute approximate surface area is 143 Å². The van der Waals surface area contributed by atoms with Crippen LogP contribution in [0.15, 0.2) is 36.5 Å². The molecule has 1 saturated heterocycles. The van der Waals surface area contributed by atoms with Crippen molar-refractivity contribution in [3.8, 4) is 5.69 Å². The molecule has 1 aliphatic heterocycles. The highest BCUT2D eigenvalue weighted by Gasteiger charge is 2.23. The zero-order valence-electron chi connectivity index (χ0n) is 13.5. The molecule has 1 unspecified atom stereocenters. The molecular weight excluding hydrogens is 312 g/mol. The maximum Gasteiger partial charge on any atom is 0.253 e. The Morgan fingerprint density at radius 3 is 2.61 bits per heavy atom. The van der Waals surface area contributed by atoms with Crippen LogP contribution in [0.5, 0.6) is 0 Å². The standard InChI is InChI=1S/C17H22N4O.ClH/c1-13-9-10-19-21(13)16-7-5-14(6-8-16)17(22)20-11-3-4-15(12-20)18-2;/h5-10,15,18H,3-4,11-12H2,1-2H3;1H. The van der Waals surface area contributed by atoms with E-state index in [0.29, 0.717) is 6.04 Å². The molecule has 1 aliphatic rings. The van der Waals surface area contributed by atoms with E-state index >= 15 is 0 Å². The summed E-state index contributed by atoms with van der Waals surface area (Å²) in [5, 5.41) is 7.55. The van der Waals surface area contributed by atoms with Crippen LogP contribution in [-0.2, 0) is 0 Å². The summed E-state index contributed by atoms with van der Waals surface area (Å²) in [5.41, 5.74) is 2.79. The molecule has 124 valence electrons. The molecule has 5 nitrogen and oxygen atoms in total. The number of likely N-dealkylation sites (tertiary alicyclic amines) is 1. The quantitative estimate of drug-likeness (QED) is 0.938. The van der Waals surface area contributed by atoms with Crippen molar-refractivity contribution in [2.24, 2.45) is 0 Å². The predicted molar refractivity (Wildman–Crippen MR) is 93.5 cm³/mol. The highest BCUT2D eigenvalue weighted by Crippen LogP contribution is 2.16. The first-order chi connectivity index (χ1) is 10.7. The predicted octanol–water partition coefficient (Wildman–Crippen LogP) is 2.43. The van der Waals surface area contributed by atoms with Gasteiger partial charge in [0, 0.05) is 36.6 Å². The maximum absolute atomic E-state index is 12.6. The Morgan fingerprint density at radius 1 is 1.26 bits per heavy atom. The highest BCUT2D eigenvalue weighted by molar-refractivity contribution is 5.94. The number of carbonyl (C=O) groups excluding carboxylic acids is 1. The first-order valence-electron chi connectivity index (χ1n) is 7.76. The molecule has 0 bridgehead atoms. The Morgan fingerprint density at radius 2 is 2.00 bits per heavy atom.